The fourth-order valence-corrected chi connectivity index (χ4v) is 3.55. The average Bonchev–Trinajstić information content (AvgIpc) is 2.54. The number of hydrogen-bond donors (Lipinski definition) is 1. The Hall–Kier alpha value is -0.890. The van der Waals surface area contributed by atoms with Crippen LogP contribution in [0.1, 0.15) is 30.4 Å². The van der Waals surface area contributed by atoms with Crippen molar-refractivity contribution in [3.05, 3.63) is 35.1 Å². The van der Waals surface area contributed by atoms with Crippen LogP contribution >= 0.6 is 0 Å². The van der Waals surface area contributed by atoms with E-state index in [-0.39, 0.29) is 5.82 Å². The molecule has 1 aromatic rings. The van der Waals surface area contributed by atoms with Crippen LogP contribution in [0.3, 0.4) is 0 Å². The Morgan fingerprint density at radius 1 is 1.47 bits per heavy atom. The number of fused-ring (bicyclic) bond motifs is 3. The molecule has 1 nitrogen and oxygen atoms in total. The third-order valence-electron chi connectivity index (χ3n) is 4.30. The quantitative estimate of drug-likeness (QED) is 0.748. The fraction of sp³-hybridized carbons (Fsp3) is 0.538. The van der Waals surface area contributed by atoms with Gasteiger partial charge in [-0.15, -0.1) is 0 Å². The summed E-state index contributed by atoms with van der Waals surface area (Å²) < 4.78 is 13.1. The van der Waals surface area contributed by atoms with Gasteiger partial charge in [-0.05, 0) is 47.4 Å². The maximum atomic E-state index is 13.1. The van der Waals surface area contributed by atoms with Crippen molar-refractivity contribution in [2.75, 3.05) is 0 Å². The predicted molar refractivity (Wildman–Crippen MR) is 58.1 cm³/mol. The molecule has 0 heterocycles. The van der Waals surface area contributed by atoms with E-state index in [9.17, 15) is 4.39 Å². The lowest BCUT2D eigenvalue weighted by molar-refractivity contribution is 0.111. The summed E-state index contributed by atoms with van der Waals surface area (Å²) in [5.41, 5.74) is 8.69. The summed E-state index contributed by atoms with van der Waals surface area (Å²) in [5, 5.41) is 0. The van der Waals surface area contributed by atoms with E-state index in [2.05, 4.69) is 6.92 Å². The molecule has 2 heteroatoms. The first-order valence-electron chi connectivity index (χ1n) is 5.76. The highest BCUT2D eigenvalue weighted by atomic mass is 19.1. The van der Waals surface area contributed by atoms with Crippen molar-refractivity contribution in [3.63, 3.8) is 0 Å². The van der Waals surface area contributed by atoms with Crippen LogP contribution in [0.15, 0.2) is 18.2 Å². The highest BCUT2D eigenvalue weighted by Gasteiger charge is 2.51. The van der Waals surface area contributed by atoms with Gasteiger partial charge in [-0.3, -0.25) is 0 Å². The molecule has 0 radical (unpaired) electrons. The zero-order valence-corrected chi connectivity index (χ0v) is 8.91. The third kappa shape index (κ3) is 1.11. The first kappa shape index (κ1) is 9.34. The van der Waals surface area contributed by atoms with E-state index in [1.165, 1.54) is 11.1 Å². The number of nitrogens with two attached hydrogens (primary N) is 1. The van der Waals surface area contributed by atoms with Gasteiger partial charge >= 0.3 is 0 Å². The van der Waals surface area contributed by atoms with E-state index in [1.54, 1.807) is 12.1 Å². The summed E-state index contributed by atoms with van der Waals surface area (Å²) in [7, 11) is 0. The second-order valence-corrected chi connectivity index (χ2v) is 4.89. The second-order valence-electron chi connectivity index (χ2n) is 4.89. The van der Waals surface area contributed by atoms with Crippen LogP contribution in [-0.2, 0) is 6.42 Å². The Morgan fingerprint density at radius 3 is 3.00 bits per heavy atom. The van der Waals surface area contributed by atoms with E-state index in [0.29, 0.717) is 23.8 Å². The molecule has 4 atom stereocenters. The molecule has 2 aliphatic carbocycles. The smallest absolute Gasteiger partial charge is 0.123 e. The number of hydrogen-bond acceptors (Lipinski definition) is 1. The summed E-state index contributed by atoms with van der Waals surface area (Å²) in [6.07, 6.45) is 2.12. The van der Waals surface area contributed by atoms with Gasteiger partial charge in [-0.1, -0.05) is 19.4 Å². The van der Waals surface area contributed by atoms with Gasteiger partial charge in [0.15, 0.2) is 0 Å². The molecular formula is C13H16FN. The minimum Gasteiger partial charge on any atom is -0.327 e. The van der Waals surface area contributed by atoms with Gasteiger partial charge in [-0.2, -0.15) is 0 Å². The fourth-order valence-electron chi connectivity index (χ4n) is 3.55. The van der Waals surface area contributed by atoms with E-state index in [1.807, 2.05) is 6.07 Å². The number of rotatable bonds is 1. The molecule has 0 spiro atoms. The van der Waals surface area contributed by atoms with Crippen LogP contribution in [0.4, 0.5) is 4.39 Å². The Bertz CT molecular complexity index is 402. The van der Waals surface area contributed by atoms with Crippen LogP contribution in [0.5, 0.6) is 0 Å². The Labute approximate surface area is 89.5 Å². The third-order valence-corrected chi connectivity index (χ3v) is 4.30. The van der Waals surface area contributed by atoms with Gasteiger partial charge in [0.1, 0.15) is 5.82 Å². The molecule has 0 saturated heterocycles. The predicted octanol–water partition coefficient (Wildman–Crippen LogP) is 2.45. The van der Waals surface area contributed by atoms with Gasteiger partial charge < -0.3 is 5.73 Å². The first-order valence-corrected chi connectivity index (χ1v) is 5.76. The maximum absolute atomic E-state index is 13.1. The monoisotopic (exact) mass is 205 g/mol. The molecule has 80 valence electrons. The minimum absolute atomic E-state index is 0.114. The first-order chi connectivity index (χ1) is 7.22. The van der Waals surface area contributed by atoms with Crippen LogP contribution < -0.4 is 5.73 Å². The molecule has 2 aliphatic rings. The summed E-state index contributed by atoms with van der Waals surface area (Å²) in [6, 6.07) is 5.56. The van der Waals surface area contributed by atoms with Crippen LogP contribution in [0, 0.1) is 17.7 Å². The molecule has 2 N–H and O–H groups in total. The molecule has 0 aliphatic heterocycles. The number of benzene rings is 1. The van der Waals surface area contributed by atoms with E-state index in [4.69, 9.17) is 5.73 Å². The standard InChI is InChI=1S/C13H16FN/c1-2-9-12-10-4-3-8(14)5-7(10)6-11(12)13(9)15/h3-5,9,11-13H,2,6,15H2,1H3. The second kappa shape index (κ2) is 3.05. The van der Waals surface area contributed by atoms with Gasteiger partial charge in [0.25, 0.3) is 0 Å². The van der Waals surface area contributed by atoms with Crippen LogP contribution in [0.2, 0.25) is 0 Å². The topological polar surface area (TPSA) is 26.0 Å². The average molecular weight is 205 g/mol. The maximum Gasteiger partial charge on any atom is 0.123 e. The highest BCUT2D eigenvalue weighted by molar-refractivity contribution is 5.41. The van der Waals surface area contributed by atoms with Crippen molar-refractivity contribution >= 4 is 0 Å². The normalized spacial score (nSPS) is 37.0. The van der Waals surface area contributed by atoms with Gasteiger partial charge in [0, 0.05) is 6.04 Å². The van der Waals surface area contributed by atoms with Crippen LogP contribution in [-0.4, -0.2) is 6.04 Å². The van der Waals surface area contributed by atoms with Crippen molar-refractivity contribution in [3.8, 4) is 0 Å². The molecule has 0 amide bonds. The minimum atomic E-state index is -0.114. The van der Waals surface area contributed by atoms with Gasteiger partial charge in [0.2, 0.25) is 0 Å². The molecule has 0 aromatic heterocycles. The van der Waals surface area contributed by atoms with Crippen molar-refractivity contribution < 1.29 is 4.39 Å². The van der Waals surface area contributed by atoms with E-state index in [0.717, 1.165) is 12.8 Å². The largest absolute Gasteiger partial charge is 0.327 e. The van der Waals surface area contributed by atoms with Crippen LogP contribution in [0.25, 0.3) is 0 Å². The Morgan fingerprint density at radius 2 is 2.27 bits per heavy atom. The molecule has 1 fully saturated rings. The Kier molecular flexibility index (Phi) is 1.90. The Balaban J connectivity index is 2.00. The van der Waals surface area contributed by atoms with Gasteiger partial charge in [0.05, 0.1) is 0 Å². The zero-order chi connectivity index (χ0) is 10.6. The lowest BCUT2D eigenvalue weighted by Gasteiger charge is -2.47. The summed E-state index contributed by atoms with van der Waals surface area (Å²) in [4.78, 5) is 0. The van der Waals surface area contributed by atoms with E-state index < -0.39 is 0 Å². The zero-order valence-electron chi connectivity index (χ0n) is 8.91. The number of halogens is 1. The molecule has 4 unspecified atom stereocenters. The lowest BCUT2D eigenvalue weighted by Crippen LogP contribution is -2.53. The summed E-state index contributed by atoms with van der Waals surface area (Å²) in [5.74, 6) is 1.69. The summed E-state index contributed by atoms with van der Waals surface area (Å²) in [6.45, 7) is 2.20. The molecule has 0 bridgehead atoms. The lowest BCUT2D eigenvalue weighted by atomic mass is 9.60. The molecule has 1 saturated carbocycles. The molecule has 1 aromatic carbocycles. The molecule has 3 rings (SSSR count). The van der Waals surface area contributed by atoms with Crippen molar-refractivity contribution in [1.82, 2.24) is 0 Å². The SMILES string of the molecule is CCC1C(N)C2Cc3cc(F)ccc3C12. The molecule has 15 heavy (non-hydrogen) atoms. The van der Waals surface area contributed by atoms with Crippen molar-refractivity contribution in [2.24, 2.45) is 17.6 Å². The summed E-state index contributed by atoms with van der Waals surface area (Å²) >= 11 is 0. The van der Waals surface area contributed by atoms with Crippen molar-refractivity contribution in [1.29, 1.82) is 0 Å². The van der Waals surface area contributed by atoms with Gasteiger partial charge in [-0.25, -0.2) is 4.39 Å². The highest BCUT2D eigenvalue weighted by Crippen LogP contribution is 2.55. The molecular weight excluding hydrogens is 189 g/mol. The van der Waals surface area contributed by atoms with E-state index >= 15 is 0 Å². The van der Waals surface area contributed by atoms with Crippen molar-refractivity contribution in [2.45, 2.75) is 31.7 Å².